The molecule has 2 aromatic rings. The van der Waals surface area contributed by atoms with E-state index in [-0.39, 0.29) is 11.8 Å². The second-order valence-corrected chi connectivity index (χ2v) is 5.75. The van der Waals surface area contributed by atoms with Crippen LogP contribution in [0.25, 0.3) is 0 Å². The topological polar surface area (TPSA) is 71.5 Å². The van der Waals surface area contributed by atoms with E-state index >= 15 is 0 Å². The van der Waals surface area contributed by atoms with Crippen LogP contribution in [0.2, 0.25) is 0 Å². The van der Waals surface area contributed by atoms with Gasteiger partial charge in [0, 0.05) is 30.4 Å². The molecule has 0 saturated carbocycles. The molecule has 0 aliphatic rings. The molecule has 6 nitrogen and oxygen atoms in total. The number of amides is 2. The van der Waals surface area contributed by atoms with Crippen LogP contribution < -0.4 is 10.1 Å². The van der Waals surface area contributed by atoms with Crippen molar-refractivity contribution in [1.29, 1.82) is 0 Å². The van der Waals surface area contributed by atoms with Gasteiger partial charge in [-0.05, 0) is 44.2 Å². The number of hydrogen-bond acceptors (Lipinski definition) is 4. The average Bonchev–Trinajstić information content (AvgIpc) is 2.67. The van der Waals surface area contributed by atoms with Crippen molar-refractivity contribution >= 4 is 17.5 Å². The Bertz CT molecular complexity index is 819. The number of anilines is 1. The van der Waals surface area contributed by atoms with Crippen LogP contribution in [0.5, 0.6) is 5.88 Å². The summed E-state index contributed by atoms with van der Waals surface area (Å²) in [6.07, 6.45) is -4.59. The zero-order valence-electron chi connectivity index (χ0n) is 15.4. The summed E-state index contributed by atoms with van der Waals surface area (Å²) < 4.78 is 42.9. The largest absolute Gasteiger partial charge is 0.468 e. The predicted octanol–water partition coefficient (Wildman–Crippen LogP) is 3.60. The first-order chi connectivity index (χ1) is 13.2. The van der Waals surface area contributed by atoms with Gasteiger partial charge in [0.1, 0.15) is 5.69 Å². The summed E-state index contributed by atoms with van der Waals surface area (Å²) in [5, 5.41) is 2.54. The van der Waals surface area contributed by atoms with Crippen LogP contribution in [-0.4, -0.2) is 41.4 Å². The minimum Gasteiger partial charge on any atom is -0.468 e. The number of hydrogen-bond donors (Lipinski definition) is 1. The molecule has 0 saturated heterocycles. The summed E-state index contributed by atoms with van der Waals surface area (Å²) in [6.45, 7) is 4.45. The summed E-state index contributed by atoms with van der Waals surface area (Å²) in [5.74, 6) is -0.978. The molecule has 0 spiro atoms. The van der Waals surface area contributed by atoms with Crippen molar-refractivity contribution in [2.45, 2.75) is 20.0 Å². The summed E-state index contributed by atoms with van der Waals surface area (Å²) in [7, 11) is 0. The van der Waals surface area contributed by atoms with Crippen molar-refractivity contribution in [2.24, 2.45) is 0 Å². The highest BCUT2D eigenvalue weighted by Crippen LogP contribution is 2.28. The number of nitrogens with zero attached hydrogens (tertiary/aromatic N) is 2. The number of ether oxygens (including phenoxy) is 1. The SMILES string of the molecule is CCN(CC)C(=O)c1ccc(NC(=O)COc2cccc(C(F)(F)F)n2)cc1. The third-order valence-corrected chi connectivity index (χ3v) is 3.83. The number of carbonyl (C=O) groups excluding carboxylic acids is 2. The first-order valence-electron chi connectivity index (χ1n) is 8.60. The van der Waals surface area contributed by atoms with Gasteiger partial charge < -0.3 is 15.0 Å². The van der Waals surface area contributed by atoms with E-state index in [4.69, 9.17) is 4.74 Å². The van der Waals surface area contributed by atoms with Gasteiger partial charge in [-0.3, -0.25) is 9.59 Å². The molecule has 2 rings (SSSR count). The number of halogens is 3. The molecular formula is C19H20F3N3O3. The summed E-state index contributed by atoms with van der Waals surface area (Å²) in [4.78, 5) is 29.1. The molecule has 0 radical (unpaired) electrons. The Kier molecular flexibility index (Phi) is 6.97. The molecule has 0 aliphatic heterocycles. The average molecular weight is 395 g/mol. The Morgan fingerprint density at radius 2 is 1.71 bits per heavy atom. The Morgan fingerprint density at radius 1 is 1.07 bits per heavy atom. The van der Waals surface area contributed by atoms with E-state index in [2.05, 4.69) is 10.3 Å². The van der Waals surface area contributed by atoms with Crippen molar-refractivity contribution in [1.82, 2.24) is 9.88 Å². The number of pyridine rings is 1. The monoisotopic (exact) mass is 395 g/mol. The molecule has 9 heteroatoms. The van der Waals surface area contributed by atoms with Gasteiger partial charge in [-0.15, -0.1) is 0 Å². The first kappa shape index (κ1) is 21.2. The van der Waals surface area contributed by atoms with Crippen LogP contribution in [0.3, 0.4) is 0 Å². The van der Waals surface area contributed by atoms with Gasteiger partial charge in [0.25, 0.3) is 11.8 Å². The van der Waals surface area contributed by atoms with Crippen molar-refractivity contribution in [2.75, 3.05) is 25.0 Å². The van der Waals surface area contributed by atoms with Gasteiger partial charge in [-0.25, -0.2) is 4.98 Å². The molecule has 1 heterocycles. The molecule has 2 amide bonds. The molecule has 0 aliphatic carbocycles. The molecule has 0 unspecified atom stereocenters. The molecule has 1 N–H and O–H groups in total. The number of nitrogens with one attached hydrogen (secondary N) is 1. The minimum absolute atomic E-state index is 0.109. The standard InChI is InChI=1S/C19H20F3N3O3/c1-3-25(4-2)18(27)13-8-10-14(11-9-13)23-16(26)12-28-17-7-5-6-15(24-17)19(20,21)22/h5-11H,3-4,12H2,1-2H3,(H,23,26). The lowest BCUT2D eigenvalue weighted by Gasteiger charge is -2.18. The smallest absolute Gasteiger partial charge is 0.433 e. The van der Waals surface area contributed by atoms with Crippen molar-refractivity contribution in [3.63, 3.8) is 0 Å². The number of rotatable bonds is 7. The maximum Gasteiger partial charge on any atom is 0.433 e. The second-order valence-electron chi connectivity index (χ2n) is 5.75. The van der Waals surface area contributed by atoms with Gasteiger partial charge >= 0.3 is 6.18 Å². The lowest BCUT2D eigenvalue weighted by Crippen LogP contribution is -2.30. The molecular weight excluding hydrogens is 375 g/mol. The molecule has 150 valence electrons. The van der Waals surface area contributed by atoms with Crippen molar-refractivity contribution in [3.05, 3.63) is 53.7 Å². The van der Waals surface area contributed by atoms with Crippen LogP contribution in [0.1, 0.15) is 29.9 Å². The van der Waals surface area contributed by atoms with Gasteiger partial charge in [0.2, 0.25) is 5.88 Å². The van der Waals surface area contributed by atoms with E-state index in [1.54, 1.807) is 29.2 Å². The number of carbonyl (C=O) groups is 2. The highest BCUT2D eigenvalue weighted by Gasteiger charge is 2.32. The van der Waals surface area contributed by atoms with E-state index in [0.717, 1.165) is 12.1 Å². The van der Waals surface area contributed by atoms with Gasteiger partial charge in [0.05, 0.1) is 0 Å². The Morgan fingerprint density at radius 3 is 2.29 bits per heavy atom. The number of aromatic nitrogens is 1. The van der Waals surface area contributed by atoms with E-state index in [1.165, 1.54) is 6.07 Å². The highest BCUT2D eigenvalue weighted by molar-refractivity contribution is 5.96. The second kappa shape index (κ2) is 9.20. The Labute approximate surface area is 160 Å². The normalized spacial score (nSPS) is 11.0. The molecule has 1 aromatic carbocycles. The Balaban J connectivity index is 1.92. The molecule has 1 aromatic heterocycles. The lowest BCUT2D eigenvalue weighted by atomic mass is 10.2. The third-order valence-electron chi connectivity index (χ3n) is 3.83. The van der Waals surface area contributed by atoms with Crippen LogP contribution in [0.4, 0.5) is 18.9 Å². The fourth-order valence-electron chi connectivity index (χ4n) is 2.38. The number of benzene rings is 1. The zero-order chi connectivity index (χ0) is 20.7. The molecule has 0 bridgehead atoms. The lowest BCUT2D eigenvalue weighted by molar-refractivity contribution is -0.141. The first-order valence-corrected chi connectivity index (χ1v) is 8.60. The maximum absolute atomic E-state index is 12.6. The van der Waals surface area contributed by atoms with Crippen LogP contribution >= 0.6 is 0 Å². The third kappa shape index (κ3) is 5.70. The van der Waals surface area contributed by atoms with Crippen molar-refractivity contribution in [3.8, 4) is 5.88 Å². The van der Waals surface area contributed by atoms with Crippen LogP contribution in [0, 0.1) is 0 Å². The Hall–Kier alpha value is -3.10. The summed E-state index contributed by atoms with van der Waals surface area (Å²) in [6, 6.07) is 9.50. The van der Waals surface area contributed by atoms with Gasteiger partial charge in [-0.1, -0.05) is 6.07 Å². The minimum atomic E-state index is -4.59. The van der Waals surface area contributed by atoms with Gasteiger partial charge in [-0.2, -0.15) is 13.2 Å². The number of alkyl halides is 3. The van der Waals surface area contributed by atoms with Crippen LogP contribution in [0.15, 0.2) is 42.5 Å². The van der Waals surface area contributed by atoms with E-state index in [0.29, 0.717) is 24.3 Å². The van der Waals surface area contributed by atoms with Crippen LogP contribution in [-0.2, 0) is 11.0 Å². The van der Waals surface area contributed by atoms with E-state index in [1.807, 2.05) is 13.8 Å². The highest BCUT2D eigenvalue weighted by atomic mass is 19.4. The fourth-order valence-corrected chi connectivity index (χ4v) is 2.38. The predicted molar refractivity (Wildman–Crippen MR) is 97.1 cm³/mol. The molecule has 0 fully saturated rings. The molecule has 28 heavy (non-hydrogen) atoms. The van der Waals surface area contributed by atoms with Gasteiger partial charge in [0.15, 0.2) is 6.61 Å². The quantitative estimate of drug-likeness (QED) is 0.778. The summed E-state index contributed by atoms with van der Waals surface area (Å²) >= 11 is 0. The van der Waals surface area contributed by atoms with E-state index in [9.17, 15) is 22.8 Å². The van der Waals surface area contributed by atoms with Crippen molar-refractivity contribution < 1.29 is 27.5 Å². The maximum atomic E-state index is 12.6. The summed E-state index contributed by atoms with van der Waals surface area (Å²) in [5.41, 5.74) is -0.174. The fraction of sp³-hybridized carbons (Fsp3) is 0.316. The molecule has 0 atom stereocenters. The zero-order valence-corrected chi connectivity index (χ0v) is 15.4. The van der Waals surface area contributed by atoms with E-state index < -0.39 is 24.4 Å².